The van der Waals surface area contributed by atoms with Crippen LogP contribution < -0.4 is 5.73 Å². The zero-order valence-electron chi connectivity index (χ0n) is 7.38. The Morgan fingerprint density at radius 3 is 2.64 bits per heavy atom. The first-order valence-corrected chi connectivity index (χ1v) is 4.10. The molecule has 0 amide bonds. The maximum atomic E-state index is 8.77. The Morgan fingerprint density at radius 1 is 1.29 bits per heavy atom. The Balaban J connectivity index is 2.50. The van der Waals surface area contributed by atoms with Crippen molar-refractivity contribution in [2.75, 3.05) is 5.73 Å². The van der Waals surface area contributed by atoms with Gasteiger partial charge in [0.25, 0.3) is 0 Å². The fourth-order valence-electron chi connectivity index (χ4n) is 1.23. The molecule has 4 heteroatoms. The Bertz CT molecular complexity index is 476. The number of anilines is 1. The average Bonchev–Trinajstić information content (AvgIpc) is 2.67. The number of imidazole rings is 1. The summed E-state index contributed by atoms with van der Waals surface area (Å²) in [4.78, 5) is 3.90. The Kier molecular flexibility index (Phi) is 1.92. The first kappa shape index (κ1) is 8.32. The van der Waals surface area contributed by atoms with E-state index < -0.39 is 0 Å². The average molecular weight is 184 g/mol. The van der Waals surface area contributed by atoms with Crippen molar-refractivity contribution < 1.29 is 0 Å². The second kappa shape index (κ2) is 3.23. The molecule has 0 saturated heterocycles. The fraction of sp³-hybridized carbons (Fsp3) is 0. The Morgan fingerprint density at radius 2 is 2.00 bits per heavy atom. The van der Waals surface area contributed by atoms with Gasteiger partial charge in [-0.2, -0.15) is 5.26 Å². The summed E-state index contributed by atoms with van der Waals surface area (Å²) < 4.78 is 1.71. The minimum atomic E-state index is 0.370. The molecule has 0 unspecified atom stereocenters. The number of benzene rings is 1. The number of hydrogen-bond acceptors (Lipinski definition) is 3. The van der Waals surface area contributed by atoms with Crippen LogP contribution in [0.15, 0.2) is 36.7 Å². The van der Waals surface area contributed by atoms with Crippen LogP contribution in [0.2, 0.25) is 0 Å². The maximum Gasteiger partial charge on any atom is 0.217 e. The van der Waals surface area contributed by atoms with Crippen LogP contribution in [0, 0.1) is 11.3 Å². The molecule has 0 aliphatic rings. The third-order valence-electron chi connectivity index (χ3n) is 1.91. The number of nitrogen functional groups attached to an aromatic ring is 1. The maximum absolute atomic E-state index is 8.77. The third-order valence-corrected chi connectivity index (χ3v) is 1.91. The predicted molar refractivity (Wildman–Crippen MR) is 52.7 cm³/mol. The lowest BCUT2D eigenvalue weighted by molar-refractivity contribution is 1.02. The first-order valence-electron chi connectivity index (χ1n) is 4.10. The van der Waals surface area contributed by atoms with E-state index in [-0.39, 0.29) is 0 Å². The molecule has 0 bridgehead atoms. The minimum Gasteiger partial charge on any atom is -0.399 e. The van der Waals surface area contributed by atoms with Crippen LogP contribution in [0.4, 0.5) is 5.69 Å². The molecule has 2 N–H and O–H groups in total. The molecule has 0 radical (unpaired) electrons. The van der Waals surface area contributed by atoms with Gasteiger partial charge in [-0.25, -0.2) is 4.98 Å². The topological polar surface area (TPSA) is 67.6 Å². The van der Waals surface area contributed by atoms with Gasteiger partial charge in [0.15, 0.2) is 0 Å². The number of nitrogens with two attached hydrogens (primary N) is 1. The molecule has 0 atom stereocenters. The van der Waals surface area contributed by atoms with E-state index in [2.05, 4.69) is 4.98 Å². The molecule has 14 heavy (non-hydrogen) atoms. The van der Waals surface area contributed by atoms with E-state index in [4.69, 9.17) is 11.0 Å². The van der Waals surface area contributed by atoms with Crippen molar-refractivity contribution >= 4 is 5.69 Å². The van der Waals surface area contributed by atoms with E-state index in [0.717, 1.165) is 5.69 Å². The largest absolute Gasteiger partial charge is 0.399 e. The second-order valence-corrected chi connectivity index (χ2v) is 2.82. The second-order valence-electron chi connectivity index (χ2n) is 2.82. The van der Waals surface area contributed by atoms with Crippen molar-refractivity contribution in [2.45, 2.75) is 0 Å². The van der Waals surface area contributed by atoms with Crippen LogP contribution in [0.1, 0.15) is 5.82 Å². The molecular weight excluding hydrogens is 176 g/mol. The summed E-state index contributed by atoms with van der Waals surface area (Å²) in [5, 5.41) is 8.77. The van der Waals surface area contributed by atoms with Crippen molar-refractivity contribution in [1.82, 2.24) is 9.55 Å². The van der Waals surface area contributed by atoms with Crippen LogP contribution in [0.25, 0.3) is 5.69 Å². The predicted octanol–water partition coefficient (Wildman–Crippen LogP) is 1.33. The quantitative estimate of drug-likeness (QED) is 0.680. The highest BCUT2D eigenvalue weighted by Crippen LogP contribution is 2.12. The molecule has 1 heterocycles. The van der Waals surface area contributed by atoms with Gasteiger partial charge in [-0.3, -0.25) is 4.57 Å². The lowest BCUT2D eigenvalue weighted by Gasteiger charge is -2.02. The first-order chi connectivity index (χ1) is 6.81. The summed E-state index contributed by atoms with van der Waals surface area (Å²) in [6.07, 6.45) is 3.33. The molecule has 1 aromatic heterocycles. The Hall–Kier alpha value is -2.28. The monoisotopic (exact) mass is 184 g/mol. The number of hydrogen-bond donors (Lipinski definition) is 1. The van der Waals surface area contributed by atoms with Gasteiger partial charge in [-0.15, -0.1) is 0 Å². The molecule has 1 aromatic carbocycles. The van der Waals surface area contributed by atoms with Gasteiger partial charge < -0.3 is 5.73 Å². The molecule has 0 aliphatic heterocycles. The number of rotatable bonds is 1. The normalized spacial score (nSPS) is 9.64. The molecule has 4 nitrogen and oxygen atoms in total. The van der Waals surface area contributed by atoms with E-state index in [9.17, 15) is 0 Å². The molecule has 68 valence electrons. The summed E-state index contributed by atoms with van der Waals surface area (Å²) in [6.45, 7) is 0. The summed E-state index contributed by atoms with van der Waals surface area (Å²) in [5.41, 5.74) is 7.14. The van der Waals surface area contributed by atoms with E-state index in [1.54, 1.807) is 29.1 Å². The molecule has 2 aromatic rings. The Labute approximate surface area is 81.2 Å². The number of nitrogens with zero attached hydrogens (tertiary/aromatic N) is 3. The molecule has 0 aliphatic carbocycles. The highest BCUT2D eigenvalue weighted by Gasteiger charge is 2.02. The van der Waals surface area contributed by atoms with Crippen molar-refractivity contribution in [2.24, 2.45) is 0 Å². The number of aromatic nitrogens is 2. The van der Waals surface area contributed by atoms with Crippen molar-refractivity contribution in [3.63, 3.8) is 0 Å². The molecule has 0 fully saturated rings. The van der Waals surface area contributed by atoms with E-state index >= 15 is 0 Å². The van der Waals surface area contributed by atoms with E-state index in [1.807, 2.05) is 18.2 Å². The van der Waals surface area contributed by atoms with Crippen molar-refractivity contribution in [3.8, 4) is 11.8 Å². The van der Waals surface area contributed by atoms with Gasteiger partial charge in [-0.05, 0) is 24.3 Å². The SMILES string of the molecule is N#Cc1nccn1-c1ccc(N)cc1. The van der Waals surface area contributed by atoms with E-state index in [1.165, 1.54) is 0 Å². The van der Waals surface area contributed by atoms with Gasteiger partial charge in [0, 0.05) is 23.8 Å². The van der Waals surface area contributed by atoms with Gasteiger partial charge in [0.2, 0.25) is 5.82 Å². The smallest absolute Gasteiger partial charge is 0.217 e. The summed E-state index contributed by atoms with van der Waals surface area (Å²) in [5.74, 6) is 0.370. The van der Waals surface area contributed by atoms with Crippen LogP contribution in [-0.4, -0.2) is 9.55 Å². The van der Waals surface area contributed by atoms with Crippen molar-refractivity contribution in [3.05, 3.63) is 42.5 Å². The molecule has 2 rings (SSSR count). The van der Waals surface area contributed by atoms with Crippen LogP contribution in [0.5, 0.6) is 0 Å². The van der Waals surface area contributed by atoms with Crippen LogP contribution in [0.3, 0.4) is 0 Å². The van der Waals surface area contributed by atoms with E-state index in [0.29, 0.717) is 11.5 Å². The standard InChI is InChI=1S/C10H8N4/c11-7-10-13-5-6-14(10)9-3-1-8(12)2-4-9/h1-6H,12H2. The van der Waals surface area contributed by atoms with Gasteiger partial charge in [-0.1, -0.05) is 0 Å². The van der Waals surface area contributed by atoms with Crippen LogP contribution >= 0.6 is 0 Å². The van der Waals surface area contributed by atoms with Crippen molar-refractivity contribution in [1.29, 1.82) is 5.26 Å². The molecule has 0 spiro atoms. The van der Waals surface area contributed by atoms with Gasteiger partial charge in [0.1, 0.15) is 6.07 Å². The number of nitriles is 1. The lowest BCUT2D eigenvalue weighted by Crippen LogP contribution is -1.96. The summed E-state index contributed by atoms with van der Waals surface area (Å²) in [6, 6.07) is 9.28. The highest BCUT2D eigenvalue weighted by atomic mass is 15.1. The molecular formula is C10H8N4. The fourth-order valence-corrected chi connectivity index (χ4v) is 1.23. The lowest BCUT2D eigenvalue weighted by atomic mass is 10.3. The highest BCUT2D eigenvalue weighted by molar-refractivity contribution is 5.46. The van der Waals surface area contributed by atoms with Gasteiger partial charge >= 0.3 is 0 Å². The zero-order valence-corrected chi connectivity index (χ0v) is 7.38. The third kappa shape index (κ3) is 1.31. The molecule has 0 saturated carbocycles. The van der Waals surface area contributed by atoms with Crippen LogP contribution in [-0.2, 0) is 0 Å². The zero-order chi connectivity index (χ0) is 9.97. The summed E-state index contributed by atoms with van der Waals surface area (Å²) >= 11 is 0. The minimum absolute atomic E-state index is 0.370. The van der Waals surface area contributed by atoms with Gasteiger partial charge in [0.05, 0.1) is 0 Å². The summed E-state index contributed by atoms with van der Waals surface area (Å²) in [7, 11) is 0.